The van der Waals surface area contributed by atoms with Crippen LogP contribution in [0.5, 0.6) is 0 Å². The molecule has 0 saturated heterocycles. The zero-order chi connectivity index (χ0) is 14.5. The molecule has 0 fully saturated rings. The van der Waals surface area contributed by atoms with E-state index in [1.54, 1.807) is 20.8 Å². The largest absolute Gasteiger partial charge is 0.409 e. The summed E-state index contributed by atoms with van der Waals surface area (Å²) in [6.45, 7) is 5.47. The highest BCUT2D eigenvalue weighted by atomic mass is 16.5. The molecule has 0 radical (unpaired) electrons. The monoisotopic (exact) mass is 269 g/mol. The van der Waals surface area contributed by atoms with Crippen LogP contribution in [-0.4, -0.2) is 33.6 Å². The molecule has 8 heteroatoms. The molecule has 0 spiro atoms. The lowest BCUT2D eigenvalue weighted by Gasteiger charge is -2.25. The predicted octanol–water partition coefficient (Wildman–Crippen LogP) is 0.199. The van der Waals surface area contributed by atoms with Gasteiger partial charge in [0.2, 0.25) is 11.8 Å². The smallest absolute Gasteiger partial charge is 0.233 e. The van der Waals surface area contributed by atoms with E-state index < -0.39 is 5.41 Å². The molecular formula is C11H19N5O3. The SMILES string of the molecule is CCC(C)(C(=O)NCCc1nc(C)no1)C(N)=NO. The molecule has 1 atom stereocenters. The molecule has 1 aromatic heterocycles. The van der Waals surface area contributed by atoms with Gasteiger partial charge in [-0.3, -0.25) is 4.79 Å². The van der Waals surface area contributed by atoms with E-state index in [2.05, 4.69) is 20.6 Å². The zero-order valence-electron chi connectivity index (χ0n) is 11.3. The first-order valence-electron chi connectivity index (χ1n) is 5.99. The van der Waals surface area contributed by atoms with Gasteiger partial charge in [-0.1, -0.05) is 17.2 Å². The van der Waals surface area contributed by atoms with Crippen LogP contribution in [0.2, 0.25) is 0 Å². The second kappa shape index (κ2) is 6.17. The van der Waals surface area contributed by atoms with Gasteiger partial charge in [-0.15, -0.1) is 0 Å². The zero-order valence-corrected chi connectivity index (χ0v) is 11.3. The summed E-state index contributed by atoms with van der Waals surface area (Å²) in [5.74, 6) is 0.596. The van der Waals surface area contributed by atoms with Gasteiger partial charge in [0.15, 0.2) is 11.7 Å². The fourth-order valence-electron chi connectivity index (χ4n) is 1.49. The van der Waals surface area contributed by atoms with Gasteiger partial charge in [0.25, 0.3) is 0 Å². The molecule has 1 aromatic rings. The highest BCUT2D eigenvalue weighted by Crippen LogP contribution is 2.21. The quantitative estimate of drug-likeness (QED) is 0.293. The van der Waals surface area contributed by atoms with Gasteiger partial charge in [-0.2, -0.15) is 4.98 Å². The number of nitrogens with one attached hydrogen (secondary N) is 1. The van der Waals surface area contributed by atoms with Crippen molar-refractivity contribution >= 4 is 11.7 Å². The molecule has 19 heavy (non-hydrogen) atoms. The normalized spacial score (nSPS) is 15.0. The average molecular weight is 269 g/mol. The van der Waals surface area contributed by atoms with Crippen molar-refractivity contribution in [1.82, 2.24) is 15.5 Å². The Morgan fingerprint density at radius 2 is 2.32 bits per heavy atom. The maximum atomic E-state index is 12.0. The van der Waals surface area contributed by atoms with Gasteiger partial charge < -0.3 is 20.8 Å². The van der Waals surface area contributed by atoms with Crippen LogP contribution in [-0.2, 0) is 11.2 Å². The summed E-state index contributed by atoms with van der Waals surface area (Å²) >= 11 is 0. The summed E-state index contributed by atoms with van der Waals surface area (Å²) in [4.78, 5) is 16.1. The number of oxime groups is 1. The number of amidine groups is 1. The number of nitrogens with two attached hydrogens (primary N) is 1. The van der Waals surface area contributed by atoms with E-state index in [-0.39, 0.29) is 11.7 Å². The minimum atomic E-state index is -1.03. The Kier molecular flexibility index (Phi) is 4.85. The van der Waals surface area contributed by atoms with E-state index in [1.807, 2.05) is 0 Å². The second-order valence-electron chi connectivity index (χ2n) is 4.41. The molecule has 0 aromatic carbocycles. The van der Waals surface area contributed by atoms with Crippen molar-refractivity contribution in [2.45, 2.75) is 33.6 Å². The molecule has 0 saturated carbocycles. The first kappa shape index (κ1) is 14.9. The topological polar surface area (TPSA) is 127 Å². The third kappa shape index (κ3) is 3.43. The van der Waals surface area contributed by atoms with Gasteiger partial charge in [0.05, 0.1) is 0 Å². The van der Waals surface area contributed by atoms with Crippen molar-refractivity contribution in [2.75, 3.05) is 6.54 Å². The summed E-state index contributed by atoms with van der Waals surface area (Å²) in [7, 11) is 0. The number of rotatable bonds is 6. The fraction of sp³-hybridized carbons (Fsp3) is 0.636. The predicted molar refractivity (Wildman–Crippen MR) is 67.6 cm³/mol. The summed E-state index contributed by atoms with van der Waals surface area (Å²) in [5, 5.41) is 18.0. The minimum Gasteiger partial charge on any atom is -0.409 e. The van der Waals surface area contributed by atoms with Gasteiger partial charge in [-0.05, 0) is 20.3 Å². The molecular weight excluding hydrogens is 250 g/mol. The van der Waals surface area contributed by atoms with Crippen molar-refractivity contribution in [3.8, 4) is 0 Å². The number of hydrogen-bond donors (Lipinski definition) is 3. The minimum absolute atomic E-state index is 0.110. The van der Waals surface area contributed by atoms with Crippen LogP contribution in [0.3, 0.4) is 0 Å². The Labute approximate surface area is 111 Å². The molecule has 1 rings (SSSR count). The number of carbonyl (C=O) groups excluding carboxylic acids is 1. The van der Waals surface area contributed by atoms with Crippen molar-refractivity contribution in [1.29, 1.82) is 0 Å². The lowest BCUT2D eigenvalue weighted by Crippen LogP contribution is -2.48. The van der Waals surface area contributed by atoms with Crippen LogP contribution in [0.15, 0.2) is 9.68 Å². The molecule has 4 N–H and O–H groups in total. The fourth-order valence-corrected chi connectivity index (χ4v) is 1.49. The number of nitrogens with zero attached hydrogens (tertiary/aromatic N) is 3. The molecule has 1 amide bonds. The highest BCUT2D eigenvalue weighted by molar-refractivity contribution is 6.06. The number of amides is 1. The molecule has 106 valence electrons. The molecule has 0 aliphatic carbocycles. The summed E-state index contributed by atoms with van der Waals surface area (Å²) in [5.41, 5.74) is 4.52. The highest BCUT2D eigenvalue weighted by Gasteiger charge is 2.36. The maximum absolute atomic E-state index is 12.0. The van der Waals surface area contributed by atoms with Gasteiger partial charge in [0, 0.05) is 13.0 Å². The summed E-state index contributed by atoms with van der Waals surface area (Å²) in [6.07, 6.45) is 0.858. The summed E-state index contributed by atoms with van der Waals surface area (Å²) in [6, 6.07) is 0. The number of carbonyl (C=O) groups is 1. The maximum Gasteiger partial charge on any atom is 0.233 e. The van der Waals surface area contributed by atoms with Gasteiger partial charge >= 0.3 is 0 Å². The summed E-state index contributed by atoms with van der Waals surface area (Å²) < 4.78 is 4.93. The lowest BCUT2D eigenvalue weighted by molar-refractivity contribution is -0.127. The Morgan fingerprint density at radius 1 is 1.63 bits per heavy atom. The van der Waals surface area contributed by atoms with E-state index in [1.165, 1.54) is 0 Å². The standard InChI is InChI=1S/C11H19N5O3/c1-4-11(3,9(12)15-18)10(17)13-6-5-8-14-7(2)16-19-8/h18H,4-6H2,1-3H3,(H2,12,15)(H,13,17). The molecule has 0 bridgehead atoms. The van der Waals surface area contributed by atoms with Crippen LogP contribution >= 0.6 is 0 Å². The van der Waals surface area contributed by atoms with Crippen molar-refractivity contribution in [3.05, 3.63) is 11.7 Å². The Morgan fingerprint density at radius 3 is 2.79 bits per heavy atom. The van der Waals surface area contributed by atoms with E-state index in [9.17, 15) is 4.79 Å². The van der Waals surface area contributed by atoms with Gasteiger partial charge in [0.1, 0.15) is 5.41 Å². The molecule has 1 unspecified atom stereocenters. The van der Waals surface area contributed by atoms with Crippen LogP contribution < -0.4 is 11.1 Å². The molecule has 0 aliphatic rings. The molecule has 0 aliphatic heterocycles. The first-order chi connectivity index (χ1) is 8.93. The Hall–Kier alpha value is -2.12. The van der Waals surface area contributed by atoms with E-state index in [0.29, 0.717) is 31.1 Å². The van der Waals surface area contributed by atoms with Gasteiger partial charge in [-0.25, -0.2) is 0 Å². The molecule has 1 heterocycles. The molecule has 8 nitrogen and oxygen atoms in total. The Bertz CT molecular complexity index is 471. The number of hydrogen-bond acceptors (Lipinski definition) is 6. The van der Waals surface area contributed by atoms with Crippen molar-refractivity contribution in [3.63, 3.8) is 0 Å². The third-order valence-corrected chi connectivity index (χ3v) is 3.08. The first-order valence-corrected chi connectivity index (χ1v) is 5.99. The van der Waals surface area contributed by atoms with Crippen LogP contribution in [0.25, 0.3) is 0 Å². The van der Waals surface area contributed by atoms with Crippen molar-refractivity contribution in [2.24, 2.45) is 16.3 Å². The van der Waals surface area contributed by atoms with Crippen LogP contribution in [0.4, 0.5) is 0 Å². The average Bonchev–Trinajstić information content (AvgIpc) is 2.82. The van der Waals surface area contributed by atoms with Crippen LogP contribution in [0, 0.1) is 12.3 Å². The number of aromatic nitrogens is 2. The van der Waals surface area contributed by atoms with E-state index >= 15 is 0 Å². The second-order valence-corrected chi connectivity index (χ2v) is 4.41. The number of aryl methyl sites for hydroxylation is 1. The van der Waals surface area contributed by atoms with E-state index in [4.69, 9.17) is 15.5 Å². The van der Waals surface area contributed by atoms with Crippen LogP contribution in [0.1, 0.15) is 32.0 Å². The van der Waals surface area contributed by atoms with Crippen molar-refractivity contribution < 1.29 is 14.5 Å². The Balaban J connectivity index is 2.54. The lowest BCUT2D eigenvalue weighted by atomic mass is 9.85. The third-order valence-electron chi connectivity index (χ3n) is 3.08. The van der Waals surface area contributed by atoms with E-state index in [0.717, 1.165) is 0 Å².